The van der Waals surface area contributed by atoms with E-state index >= 15 is 0 Å². The van der Waals surface area contributed by atoms with Gasteiger partial charge in [-0.25, -0.2) is 4.90 Å². The van der Waals surface area contributed by atoms with Gasteiger partial charge in [0, 0.05) is 10.6 Å². The summed E-state index contributed by atoms with van der Waals surface area (Å²) in [6.45, 7) is 1.57. The first-order valence-electron chi connectivity index (χ1n) is 8.60. The van der Waals surface area contributed by atoms with Crippen molar-refractivity contribution in [3.05, 3.63) is 65.2 Å². The van der Waals surface area contributed by atoms with Crippen LogP contribution in [0.15, 0.2) is 54.6 Å². The lowest BCUT2D eigenvalue weighted by Gasteiger charge is -2.32. The van der Waals surface area contributed by atoms with E-state index in [0.29, 0.717) is 16.3 Å². The van der Waals surface area contributed by atoms with Gasteiger partial charge in [0.15, 0.2) is 11.3 Å². The van der Waals surface area contributed by atoms with Crippen molar-refractivity contribution in [3.8, 4) is 0 Å². The number of para-hydroxylation sites is 1. The highest BCUT2D eigenvalue weighted by atomic mass is 35.5. The lowest BCUT2D eigenvalue weighted by atomic mass is 9.74. The fourth-order valence-electron chi connectivity index (χ4n) is 4.54. The first-order chi connectivity index (χ1) is 12.9. The van der Waals surface area contributed by atoms with Gasteiger partial charge < -0.3 is 10.1 Å². The molecule has 2 bridgehead atoms. The molecule has 5 rings (SSSR count). The number of benzene rings is 2. The molecule has 1 N–H and O–H groups in total. The summed E-state index contributed by atoms with van der Waals surface area (Å²) in [4.78, 5) is 40.4. The van der Waals surface area contributed by atoms with E-state index in [-0.39, 0.29) is 5.91 Å². The molecule has 7 heteroatoms. The van der Waals surface area contributed by atoms with Crippen molar-refractivity contribution >= 4 is 35.0 Å². The smallest absolute Gasteiger partial charge is 0.255 e. The van der Waals surface area contributed by atoms with E-state index in [1.165, 1.54) is 0 Å². The second kappa shape index (κ2) is 5.18. The lowest BCUT2D eigenvalue weighted by molar-refractivity contribution is -0.140. The molecule has 3 fully saturated rings. The van der Waals surface area contributed by atoms with Gasteiger partial charge in [0.25, 0.3) is 5.91 Å². The molecule has 0 spiro atoms. The number of hydrogen-bond donors (Lipinski definition) is 1. The van der Waals surface area contributed by atoms with Crippen molar-refractivity contribution in [2.45, 2.75) is 18.2 Å². The molecule has 3 amide bonds. The highest BCUT2D eigenvalue weighted by molar-refractivity contribution is 6.30. The first kappa shape index (κ1) is 16.5. The average Bonchev–Trinajstić information content (AvgIpc) is 3.19. The zero-order valence-corrected chi connectivity index (χ0v) is 15.1. The third-order valence-electron chi connectivity index (χ3n) is 5.73. The van der Waals surface area contributed by atoms with Crippen LogP contribution in [-0.4, -0.2) is 23.3 Å². The van der Waals surface area contributed by atoms with E-state index in [2.05, 4.69) is 5.32 Å². The minimum atomic E-state index is -1.41. The largest absolute Gasteiger partial charge is 0.334 e. The van der Waals surface area contributed by atoms with E-state index in [4.69, 9.17) is 16.3 Å². The highest BCUT2D eigenvalue weighted by Crippen LogP contribution is 2.59. The number of imide groups is 1. The number of hydrogen-bond acceptors (Lipinski definition) is 4. The molecule has 3 aliphatic heterocycles. The summed E-state index contributed by atoms with van der Waals surface area (Å²) in [5.74, 6) is -2.96. The number of nitrogens with one attached hydrogen (secondary N) is 1. The minimum absolute atomic E-state index is 0.389. The van der Waals surface area contributed by atoms with Crippen LogP contribution in [0.3, 0.4) is 0 Å². The fraction of sp³-hybridized carbons (Fsp3) is 0.250. The van der Waals surface area contributed by atoms with Crippen LogP contribution < -0.4 is 10.2 Å². The van der Waals surface area contributed by atoms with Gasteiger partial charge in [0.05, 0.1) is 11.6 Å². The Kier molecular flexibility index (Phi) is 3.16. The molecule has 3 aliphatic rings. The molecule has 2 aromatic rings. The number of fused-ring (bicyclic) bond motifs is 5. The van der Waals surface area contributed by atoms with Crippen LogP contribution in [0.4, 0.5) is 5.69 Å². The summed E-state index contributed by atoms with van der Waals surface area (Å²) in [7, 11) is 0. The topological polar surface area (TPSA) is 75.7 Å². The number of carbonyl (C=O) groups is 3. The van der Waals surface area contributed by atoms with Gasteiger partial charge >= 0.3 is 0 Å². The molecule has 0 aliphatic carbocycles. The van der Waals surface area contributed by atoms with Crippen LogP contribution in [0.2, 0.25) is 5.02 Å². The highest BCUT2D eigenvalue weighted by Gasteiger charge is 2.78. The number of carbonyl (C=O) groups excluding carboxylic acids is 3. The van der Waals surface area contributed by atoms with Gasteiger partial charge in [0.1, 0.15) is 5.92 Å². The Morgan fingerprint density at radius 1 is 1.00 bits per heavy atom. The van der Waals surface area contributed by atoms with Gasteiger partial charge in [-0.1, -0.05) is 41.9 Å². The van der Waals surface area contributed by atoms with E-state index in [0.717, 1.165) is 4.90 Å². The Balaban J connectivity index is 1.69. The summed E-state index contributed by atoms with van der Waals surface area (Å²) < 4.78 is 6.11. The number of ether oxygens (including phenoxy) is 1. The fourth-order valence-corrected chi connectivity index (χ4v) is 4.73. The van der Waals surface area contributed by atoms with Gasteiger partial charge in [0.2, 0.25) is 11.8 Å². The van der Waals surface area contributed by atoms with Crippen molar-refractivity contribution < 1.29 is 19.1 Å². The number of nitrogens with zero attached hydrogens (tertiary/aromatic N) is 1. The third kappa shape index (κ3) is 1.91. The Labute approximate surface area is 160 Å². The molecule has 3 heterocycles. The van der Waals surface area contributed by atoms with E-state index < -0.39 is 35.0 Å². The SMILES string of the molecule is C[C@]12O[C@](c3cccc(Cl)c3)(NC1=O)[C@@H]1C(=O)N(c3ccccc3)C(=O)[C@@H]12. The van der Waals surface area contributed by atoms with E-state index in [1.807, 2.05) is 6.07 Å². The number of amides is 3. The third-order valence-corrected chi connectivity index (χ3v) is 5.96. The molecule has 0 saturated carbocycles. The van der Waals surface area contributed by atoms with Crippen LogP contribution in [0.5, 0.6) is 0 Å². The zero-order chi connectivity index (χ0) is 19.0. The van der Waals surface area contributed by atoms with Crippen LogP contribution in [0.1, 0.15) is 12.5 Å². The summed E-state index contributed by atoms with van der Waals surface area (Å²) in [6, 6.07) is 15.5. The lowest BCUT2D eigenvalue weighted by Crippen LogP contribution is -2.55. The Bertz CT molecular complexity index is 1010. The normalized spacial score (nSPS) is 34.1. The van der Waals surface area contributed by atoms with E-state index in [1.54, 1.807) is 55.5 Å². The second-order valence-electron chi connectivity index (χ2n) is 7.21. The monoisotopic (exact) mass is 382 g/mol. The van der Waals surface area contributed by atoms with Crippen LogP contribution in [-0.2, 0) is 24.8 Å². The average molecular weight is 383 g/mol. The molecule has 0 aromatic heterocycles. The predicted molar refractivity (Wildman–Crippen MR) is 96.7 cm³/mol. The molecule has 4 atom stereocenters. The molecular weight excluding hydrogens is 368 g/mol. The molecule has 0 unspecified atom stereocenters. The number of halogens is 1. The van der Waals surface area contributed by atoms with Gasteiger partial charge in [-0.3, -0.25) is 14.4 Å². The second-order valence-corrected chi connectivity index (χ2v) is 7.65. The van der Waals surface area contributed by atoms with Gasteiger partial charge in [-0.2, -0.15) is 0 Å². The number of anilines is 1. The zero-order valence-electron chi connectivity index (χ0n) is 14.3. The summed E-state index contributed by atoms with van der Waals surface area (Å²) in [5, 5.41) is 3.28. The molecule has 27 heavy (non-hydrogen) atoms. The maximum absolute atomic E-state index is 13.3. The van der Waals surface area contributed by atoms with Crippen LogP contribution in [0, 0.1) is 11.8 Å². The number of piperidine rings is 1. The molecule has 0 radical (unpaired) electrons. The van der Waals surface area contributed by atoms with Crippen molar-refractivity contribution in [2.24, 2.45) is 11.8 Å². The standard InChI is InChI=1S/C20H15ClN2O4/c1-19-14-15(17(25)23(16(14)24)13-8-3-2-4-9-13)20(27-19,22-18(19)26)11-6-5-7-12(21)10-11/h2-10,14-15H,1H3,(H,22,26)/t14-,15+,19-,20+/m1/s1. The molecule has 2 aromatic carbocycles. The van der Waals surface area contributed by atoms with Crippen LogP contribution >= 0.6 is 11.6 Å². The van der Waals surface area contributed by atoms with Crippen molar-refractivity contribution in [3.63, 3.8) is 0 Å². The number of rotatable bonds is 2. The molecule has 6 nitrogen and oxygen atoms in total. The van der Waals surface area contributed by atoms with Crippen molar-refractivity contribution in [1.29, 1.82) is 0 Å². The van der Waals surface area contributed by atoms with Gasteiger partial charge in [-0.05, 0) is 31.2 Å². The molecule has 136 valence electrons. The molecular formula is C20H15ClN2O4. The summed E-state index contributed by atoms with van der Waals surface area (Å²) >= 11 is 6.13. The van der Waals surface area contributed by atoms with Gasteiger partial charge in [-0.15, -0.1) is 0 Å². The van der Waals surface area contributed by atoms with Crippen LogP contribution in [0.25, 0.3) is 0 Å². The first-order valence-corrected chi connectivity index (χ1v) is 8.98. The van der Waals surface area contributed by atoms with Crippen molar-refractivity contribution in [2.75, 3.05) is 4.90 Å². The minimum Gasteiger partial charge on any atom is -0.334 e. The predicted octanol–water partition coefficient (Wildman–Crippen LogP) is 2.22. The quantitative estimate of drug-likeness (QED) is 0.808. The Morgan fingerprint density at radius 2 is 1.70 bits per heavy atom. The Morgan fingerprint density at radius 3 is 2.41 bits per heavy atom. The van der Waals surface area contributed by atoms with Crippen molar-refractivity contribution in [1.82, 2.24) is 5.32 Å². The summed E-state index contributed by atoms with van der Waals surface area (Å²) in [6.07, 6.45) is 0. The van der Waals surface area contributed by atoms with E-state index in [9.17, 15) is 14.4 Å². The summed E-state index contributed by atoms with van der Waals surface area (Å²) in [5.41, 5.74) is -1.78. The molecule has 3 saturated heterocycles. The Hall–Kier alpha value is -2.70. The maximum atomic E-state index is 13.3. The maximum Gasteiger partial charge on any atom is 0.255 e.